The first-order valence-corrected chi connectivity index (χ1v) is 9.04. The molecule has 3 rings (SSSR count). The number of benzene rings is 1. The molecule has 1 aliphatic rings. The molecule has 2 atom stereocenters. The highest BCUT2D eigenvalue weighted by atomic mass is 16.5. The fraction of sp³-hybridized carbons (Fsp3) is 0.579. The minimum Gasteiger partial charge on any atom is -0.374 e. The van der Waals surface area contributed by atoms with Gasteiger partial charge in [0.15, 0.2) is 0 Å². The number of ether oxygens (including phenoxy) is 1. The van der Waals surface area contributed by atoms with Gasteiger partial charge in [0.05, 0.1) is 25.3 Å². The maximum absolute atomic E-state index is 6.16. The molecule has 0 unspecified atom stereocenters. The van der Waals surface area contributed by atoms with Gasteiger partial charge in [-0.05, 0) is 33.5 Å². The molecule has 0 aliphatic carbocycles. The number of aryl methyl sites for hydroxylation is 1. The second kappa shape index (κ2) is 8.08. The van der Waals surface area contributed by atoms with E-state index in [9.17, 15) is 0 Å². The van der Waals surface area contributed by atoms with Gasteiger partial charge >= 0.3 is 0 Å². The van der Waals surface area contributed by atoms with Crippen LogP contribution in [0.1, 0.15) is 30.2 Å². The molecule has 6 heteroatoms. The molecule has 0 saturated carbocycles. The second-order valence-electron chi connectivity index (χ2n) is 6.85. The lowest BCUT2D eigenvalue weighted by molar-refractivity contribution is -0.0745. The van der Waals surface area contributed by atoms with Crippen molar-refractivity contribution < 1.29 is 4.74 Å². The average Bonchev–Trinajstić information content (AvgIpc) is 2.95. The Hall–Kier alpha value is -1.76. The highest BCUT2D eigenvalue weighted by molar-refractivity contribution is 5.21. The normalized spacial score (nSPS) is 21.8. The zero-order valence-corrected chi connectivity index (χ0v) is 15.7. The first-order valence-electron chi connectivity index (χ1n) is 9.04. The van der Waals surface area contributed by atoms with E-state index in [0.717, 1.165) is 44.4 Å². The predicted molar refractivity (Wildman–Crippen MR) is 98.3 cm³/mol. The molecular formula is C19H29N5O. The van der Waals surface area contributed by atoms with Crippen molar-refractivity contribution in [3.63, 3.8) is 0 Å². The van der Waals surface area contributed by atoms with E-state index in [-0.39, 0.29) is 12.1 Å². The van der Waals surface area contributed by atoms with Crippen LogP contribution in [0, 0.1) is 6.92 Å². The van der Waals surface area contributed by atoms with Crippen LogP contribution in [-0.4, -0.2) is 64.5 Å². The van der Waals surface area contributed by atoms with Gasteiger partial charge in [-0.25, -0.2) is 0 Å². The summed E-state index contributed by atoms with van der Waals surface area (Å²) in [4.78, 5) is 4.69. The van der Waals surface area contributed by atoms with Crippen molar-refractivity contribution in [2.75, 3.05) is 33.8 Å². The van der Waals surface area contributed by atoms with Crippen molar-refractivity contribution in [1.29, 1.82) is 0 Å². The zero-order chi connectivity index (χ0) is 17.8. The number of nitrogens with zero attached hydrogens (tertiary/aromatic N) is 5. The van der Waals surface area contributed by atoms with E-state index in [2.05, 4.69) is 75.9 Å². The van der Waals surface area contributed by atoms with Gasteiger partial charge in [0.2, 0.25) is 0 Å². The maximum Gasteiger partial charge on any atom is 0.147 e. The lowest BCUT2D eigenvalue weighted by atomic mass is 9.98. The molecule has 136 valence electrons. The van der Waals surface area contributed by atoms with Crippen molar-refractivity contribution in [3.05, 3.63) is 47.5 Å². The number of hydrogen-bond donors (Lipinski definition) is 0. The van der Waals surface area contributed by atoms with Crippen LogP contribution in [0.2, 0.25) is 0 Å². The molecule has 25 heavy (non-hydrogen) atoms. The average molecular weight is 343 g/mol. The Kier molecular flexibility index (Phi) is 5.83. The molecule has 6 nitrogen and oxygen atoms in total. The van der Waals surface area contributed by atoms with E-state index in [1.54, 1.807) is 0 Å². The summed E-state index contributed by atoms with van der Waals surface area (Å²) >= 11 is 0. The smallest absolute Gasteiger partial charge is 0.147 e. The van der Waals surface area contributed by atoms with E-state index in [0.29, 0.717) is 0 Å². The van der Waals surface area contributed by atoms with Gasteiger partial charge in [-0.15, -0.1) is 10.2 Å². The zero-order valence-electron chi connectivity index (χ0n) is 15.7. The summed E-state index contributed by atoms with van der Waals surface area (Å²) in [6.45, 7) is 8.41. The topological polar surface area (TPSA) is 46.4 Å². The molecule has 0 amide bonds. The fourth-order valence-electron chi connectivity index (χ4n) is 3.70. The van der Waals surface area contributed by atoms with E-state index in [1.807, 2.05) is 6.92 Å². The molecule has 0 spiro atoms. The van der Waals surface area contributed by atoms with E-state index >= 15 is 0 Å². The number of rotatable bonds is 6. The van der Waals surface area contributed by atoms with Crippen LogP contribution in [0.4, 0.5) is 0 Å². The molecule has 1 aromatic heterocycles. The molecule has 0 radical (unpaired) electrons. The van der Waals surface area contributed by atoms with Crippen LogP contribution >= 0.6 is 0 Å². The van der Waals surface area contributed by atoms with Gasteiger partial charge in [-0.2, -0.15) is 0 Å². The molecule has 2 heterocycles. The number of aromatic nitrogens is 3. The number of hydrogen-bond acceptors (Lipinski definition) is 5. The van der Waals surface area contributed by atoms with Crippen LogP contribution in [0.25, 0.3) is 0 Å². The lowest BCUT2D eigenvalue weighted by Gasteiger charge is -2.40. The van der Waals surface area contributed by atoms with Gasteiger partial charge in [0.25, 0.3) is 0 Å². The van der Waals surface area contributed by atoms with Crippen LogP contribution in [0.15, 0.2) is 30.3 Å². The Morgan fingerprint density at radius 2 is 2.00 bits per heavy atom. The highest BCUT2D eigenvalue weighted by Crippen LogP contribution is 2.28. The molecule has 1 aliphatic heterocycles. The monoisotopic (exact) mass is 343 g/mol. The summed E-state index contributed by atoms with van der Waals surface area (Å²) in [5.41, 5.74) is 1.32. The summed E-state index contributed by atoms with van der Waals surface area (Å²) in [5.74, 6) is 1.99. The maximum atomic E-state index is 6.16. The van der Waals surface area contributed by atoms with Gasteiger partial charge in [0.1, 0.15) is 11.6 Å². The largest absolute Gasteiger partial charge is 0.374 e. The van der Waals surface area contributed by atoms with Crippen molar-refractivity contribution in [1.82, 2.24) is 24.6 Å². The Morgan fingerprint density at radius 3 is 2.72 bits per heavy atom. The van der Waals surface area contributed by atoms with Crippen molar-refractivity contribution >= 4 is 0 Å². The van der Waals surface area contributed by atoms with E-state index in [1.165, 1.54) is 5.56 Å². The number of likely N-dealkylation sites (N-methyl/N-ethyl adjacent to an activating group) is 2. The second-order valence-corrected chi connectivity index (χ2v) is 6.85. The highest BCUT2D eigenvalue weighted by Gasteiger charge is 2.32. The van der Waals surface area contributed by atoms with Gasteiger partial charge < -0.3 is 9.30 Å². The van der Waals surface area contributed by atoms with Gasteiger partial charge in [-0.3, -0.25) is 9.80 Å². The van der Waals surface area contributed by atoms with Crippen molar-refractivity contribution in [3.8, 4) is 0 Å². The third-order valence-corrected chi connectivity index (χ3v) is 4.98. The predicted octanol–water partition coefficient (Wildman–Crippen LogP) is 2.11. The molecular weight excluding hydrogens is 314 g/mol. The first-order chi connectivity index (χ1) is 12.1. The van der Waals surface area contributed by atoms with E-state index in [4.69, 9.17) is 4.74 Å². The Balaban J connectivity index is 1.71. The van der Waals surface area contributed by atoms with Crippen LogP contribution in [-0.2, 0) is 17.8 Å². The Morgan fingerprint density at radius 1 is 1.24 bits per heavy atom. The van der Waals surface area contributed by atoms with Gasteiger partial charge in [0, 0.05) is 19.6 Å². The standard InChI is InChI=1S/C19H29N5O/c1-5-24-15(2)20-21-18(24)14-22(3)13-17-19(23(4)11-12-25-17)16-9-7-6-8-10-16/h6-10,17,19H,5,11-14H2,1-4H3/t17-,19-/m0/s1. The van der Waals surface area contributed by atoms with Crippen LogP contribution < -0.4 is 0 Å². The summed E-state index contributed by atoms with van der Waals surface area (Å²) in [7, 11) is 4.31. The Bertz CT molecular complexity index is 672. The van der Waals surface area contributed by atoms with Crippen LogP contribution in [0.5, 0.6) is 0 Å². The lowest BCUT2D eigenvalue weighted by Crippen LogP contribution is -2.47. The van der Waals surface area contributed by atoms with Crippen molar-refractivity contribution in [2.45, 2.75) is 39.1 Å². The molecule has 0 bridgehead atoms. The molecule has 0 N–H and O–H groups in total. The summed E-state index contributed by atoms with van der Waals surface area (Å²) in [6.07, 6.45) is 0.144. The molecule has 1 fully saturated rings. The van der Waals surface area contributed by atoms with Crippen LogP contribution in [0.3, 0.4) is 0 Å². The summed E-state index contributed by atoms with van der Waals surface area (Å²) in [5, 5.41) is 8.54. The molecule has 1 saturated heterocycles. The minimum atomic E-state index is 0.144. The molecule has 1 aromatic carbocycles. The summed E-state index contributed by atoms with van der Waals surface area (Å²) < 4.78 is 8.33. The minimum absolute atomic E-state index is 0.144. The fourth-order valence-corrected chi connectivity index (χ4v) is 3.70. The van der Waals surface area contributed by atoms with Crippen molar-refractivity contribution in [2.24, 2.45) is 0 Å². The van der Waals surface area contributed by atoms with E-state index < -0.39 is 0 Å². The summed E-state index contributed by atoms with van der Waals surface area (Å²) in [6, 6.07) is 10.9. The third-order valence-electron chi connectivity index (χ3n) is 4.98. The molecule has 2 aromatic rings. The SMILES string of the molecule is CCn1c(C)nnc1CN(C)C[C@@H]1OCCN(C)[C@H]1c1ccccc1. The Labute approximate surface area is 150 Å². The quantitative estimate of drug-likeness (QED) is 0.804. The third kappa shape index (κ3) is 4.08. The number of morpholine rings is 1. The first kappa shape index (κ1) is 18.0. The van der Waals surface area contributed by atoms with Gasteiger partial charge in [-0.1, -0.05) is 30.3 Å².